The number of nitrogens with zero attached hydrogens (tertiary/aromatic N) is 5. The van der Waals surface area contributed by atoms with Gasteiger partial charge >= 0.3 is 6.18 Å². The van der Waals surface area contributed by atoms with Crippen LogP contribution in [-0.4, -0.2) is 65.2 Å². The number of aromatic nitrogens is 3. The second-order valence-corrected chi connectivity index (χ2v) is 9.02. The lowest BCUT2D eigenvalue weighted by Crippen LogP contribution is -2.55. The van der Waals surface area contributed by atoms with Gasteiger partial charge in [-0.25, -0.2) is 4.98 Å². The molecule has 0 saturated carbocycles. The number of carbonyl (C=O) groups excluding carboxylic acids is 1. The lowest BCUT2D eigenvalue weighted by Gasteiger charge is -2.42. The summed E-state index contributed by atoms with van der Waals surface area (Å²) in [5.41, 5.74) is 2.98. The highest BCUT2D eigenvalue weighted by Crippen LogP contribution is 2.32. The Morgan fingerprint density at radius 1 is 1.21 bits per heavy atom. The fraction of sp³-hybridized carbons (Fsp3) is 0.458. The zero-order valence-corrected chi connectivity index (χ0v) is 19.0. The maximum absolute atomic E-state index is 13.0. The van der Waals surface area contributed by atoms with Crippen molar-refractivity contribution in [2.45, 2.75) is 25.4 Å². The number of rotatable bonds is 5. The number of anilines is 1. The Labute approximate surface area is 195 Å². The van der Waals surface area contributed by atoms with E-state index in [4.69, 9.17) is 4.98 Å². The molecule has 5 rings (SSSR count). The van der Waals surface area contributed by atoms with E-state index in [1.54, 1.807) is 24.2 Å². The molecule has 0 bridgehead atoms. The van der Waals surface area contributed by atoms with Crippen molar-refractivity contribution in [2.24, 2.45) is 5.92 Å². The number of benzene rings is 1. The van der Waals surface area contributed by atoms with E-state index >= 15 is 0 Å². The van der Waals surface area contributed by atoms with Gasteiger partial charge in [0, 0.05) is 51.3 Å². The van der Waals surface area contributed by atoms with E-state index in [0.29, 0.717) is 31.6 Å². The summed E-state index contributed by atoms with van der Waals surface area (Å²) in [5.74, 6) is 0.885. The van der Waals surface area contributed by atoms with Gasteiger partial charge in [0.2, 0.25) is 5.91 Å². The Hall–Kier alpha value is -3.14. The normalized spacial score (nSPS) is 16.8. The molecule has 4 heterocycles. The number of amides is 1. The Morgan fingerprint density at radius 2 is 2.00 bits per heavy atom. The smallest absolute Gasteiger partial charge is 0.354 e. The Morgan fingerprint density at radius 3 is 2.79 bits per heavy atom. The molecule has 3 aromatic rings. The second kappa shape index (κ2) is 8.90. The molecule has 2 aliphatic heterocycles. The molecule has 1 aromatic carbocycles. The molecule has 0 aliphatic carbocycles. The molecule has 0 atom stereocenters. The third-order valence-electron chi connectivity index (χ3n) is 6.68. The molecule has 0 radical (unpaired) electrons. The number of likely N-dealkylation sites (N-methyl/N-ethyl adjacent to an activating group) is 1. The molecule has 1 saturated heterocycles. The predicted octanol–water partition coefficient (Wildman–Crippen LogP) is 2.57. The zero-order valence-electron chi connectivity index (χ0n) is 19.0. The number of halogens is 3. The summed E-state index contributed by atoms with van der Waals surface area (Å²) in [6, 6.07) is 7.19. The largest absolute Gasteiger partial charge is 0.416 e. The van der Waals surface area contributed by atoms with Crippen LogP contribution in [-0.2, 0) is 30.2 Å². The third kappa shape index (κ3) is 4.34. The van der Waals surface area contributed by atoms with Gasteiger partial charge in [0.25, 0.3) is 0 Å². The number of nitrogens with one attached hydrogen (secondary N) is 1. The Bertz CT molecular complexity index is 1200. The van der Waals surface area contributed by atoms with Crippen LogP contribution >= 0.6 is 0 Å². The number of hydrogen-bond donors (Lipinski definition) is 1. The first kappa shape index (κ1) is 22.6. The molecular formula is C24H27F3N6O. The molecule has 34 heavy (non-hydrogen) atoms. The van der Waals surface area contributed by atoms with Crippen molar-refractivity contribution < 1.29 is 18.0 Å². The standard InChI is InChI=1S/C24H27F3N6O/c1-31(12-8-16-3-2-4-18(13-16)24(25,26)27)23(34)17-14-32(15-17)22-19-5-9-28-10-6-20(19)30-21-7-11-29-33(21)22/h2-4,7,11,13,17,28H,5-6,8-10,12,14-15H2,1H3. The average molecular weight is 473 g/mol. The first-order valence-electron chi connectivity index (χ1n) is 11.5. The second-order valence-electron chi connectivity index (χ2n) is 9.02. The highest BCUT2D eigenvalue weighted by Gasteiger charge is 2.37. The predicted molar refractivity (Wildman–Crippen MR) is 122 cm³/mol. The van der Waals surface area contributed by atoms with E-state index in [-0.39, 0.29) is 11.8 Å². The molecule has 7 nitrogen and oxygen atoms in total. The fourth-order valence-corrected chi connectivity index (χ4v) is 4.77. The van der Waals surface area contributed by atoms with Gasteiger partial charge in [-0.15, -0.1) is 0 Å². The molecule has 2 aromatic heterocycles. The molecule has 0 spiro atoms. The van der Waals surface area contributed by atoms with Crippen LogP contribution in [0.15, 0.2) is 36.5 Å². The van der Waals surface area contributed by atoms with Crippen molar-refractivity contribution in [1.29, 1.82) is 0 Å². The Balaban J connectivity index is 1.24. The van der Waals surface area contributed by atoms with Gasteiger partial charge in [-0.3, -0.25) is 4.79 Å². The number of alkyl halides is 3. The van der Waals surface area contributed by atoms with Crippen molar-refractivity contribution in [1.82, 2.24) is 24.8 Å². The molecule has 10 heteroatoms. The van der Waals surface area contributed by atoms with Gasteiger partial charge in [-0.05, 0) is 31.0 Å². The number of carbonyl (C=O) groups is 1. The number of fused-ring (bicyclic) bond motifs is 2. The van der Waals surface area contributed by atoms with Gasteiger partial charge in [0.15, 0.2) is 5.65 Å². The van der Waals surface area contributed by atoms with Crippen molar-refractivity contribution in [2.75, 3.05) is 44.7 Å². The first-order chi connectivity index (χ1) is 16.3. The van der Waals surface area contributed by atoms with Crippen molar-refractivity contribution in [3.63, 3.8) is 0 Å². The maximum Gasteiger partial charge on any atom is 0.416 e. The first-order valence-corrected chi connectivity index (χ1v) is 11.5. The topological polar surface area (TPSA) is 65.8 Å². The van der Waals surface area contributed by atoms with Gasteiger partial charge < -0.3 is 15.1 Å². The fourth-order valence-electron chi connectivity index (χ4n) is 4.77. The van der Waals surface area contributed by atoms with E-state index in [0.717, 1.165) is 55.2 Å². The van der Waals surface area contributed by atoms with Crippen LogP contribution < -0.4 is 10.2 Å². The van der Waals surface area contributed by atoms with E-state index in [9.17, 15) is 18.0 Å². The summed E-state index contributed by atoms with van der Waals surface area (Å²) in [5, 5.41) is 7.88. The minimum absolute atomic E-state index is 0.0155. The Kier molecular flexibility index (Phi) is 5.93. The quantitative estimate of drug-likeness (QED) is 0.619. The zero-order chi connectivity index (χ0) is 23.9. The summed E-state index contributed by atoms with van der Waals surface area (Å²) < 4.78 is 40.7. The van der Waals surface area contributed by atoms with Gasteiger partial charge in [-0.2, -0.15) is 22.8 Å². The maximum atomic E-state index is 13.0. The van der Waals surface area contributed by atoms with Crippen LogP contribution in [0.5, 0.6) is 0 Å². The molecule has 2 aliphatic rings. The minimum atomic E-state index is -4.37. The average Bonchev–Trinajstić information content (AvgIpc) is 3.12. The molecule has 1 N–H and O–H groups in total. The van der Waals surface area contributed by atoms with Crippen LogP contribution in [0.3, 0.4) is 0 Å². The van der Waals surface area contributed by atoms with E-state index in [2.05, 4.69) is 15.3 Å². The van der Waals surface area contributed by atoms with Crippen molar-refractivity contribution in [3.05, 3.63) is 58.9 Å². The summed E-state index contributed by atoms with van der Waals surface area (Å²) in [6.07, 6.45) is -0.527. The van der Waals surface area contributed by atoms with Crippen molar-refractivity contribution in [3.8, 4) is 0 Å². The van der Waals surface area contributed by atoms with Crippen LogP contribution in [0.2, 0.25) is 0 Å². The van der Waals surface area contributed by atoms with Crippen LogP contribution in [0, 0.1) is 5.92 Å². The lowest BCUT2D eigenvalue weighted by molar-refractivity contribution is -0.138. The van der Waals surface area contributed by atoms with Gasteiger partial charge in [0.05, 0.1) is 23.4 Å². The highest BCUT2D eigenvalue weighted by molar-refractivity contribution is 5.82. The minimum Gasteiger partial charge on any atom is -0.354 e. The monoisotopic (exact) mass is 472 g/mol. The summed E-state index contributed by atoms with van der Waals surface area (Å²) >= 11 is 0. The highest BCUT2D eigenvalue weighted by atomic mass is 19.4. The van der Waals surface area contributed by atoms with E-state index < -0.39 is 11.7 Å². The molecule has 1 fully saturated rings. The van der Waals surface area contributed by atoms with E-state index in [1.807, 2.05) is 10.6 Å². The lowest BCUT2D eigenvalue weighted by atomic mass is 9.96. The van der Waals surface area contributed by atoms with Gasteiger partial charge in [0.1, 0.15) is 5.82 Å². The van der Waals surface area contributed by atoms with Crippen LogP contribution in [0.1, 0.15) is 22.4 Å². The summed E-state index contributed by atoms with van der Waals surface area (Å²) in [7, 11) is 1.72. The summed E-state index contributed by atoms with van der Waals surface area (Å²) in [4.78, 5) is 21.6. The summed E-state index contributed by atoms with van der Waals surface area (Å²) in [6.45, 7) is 3.32. The van der Waals surface area contributed by atoms with Crippen molar-refractivity contribution >= 4 is 17.4 Å². The van der Waals surface area contributed by atoms with Crippen LogP contribution in [0.25, 0.3) is 5.65 Å². The van der Waals surface area contributed by atoms with E-state index in [1.165, 1.54) is 11.6 Å². The molecule has 0 unspecified atom stereocenters. The molecule has 1 amide bonds. The number of hydrogen-bond acceptors (Lipinski definition) is 5. The SMILES string of the molecule is CN(CCc1cccc(C(F)(F)F)c1)C(=O)C1CN(c2c3c(nc4ccnn24)CCNCC3)C1. The molecule has 180 valence electrons. The molecular weight excluding hydrogens is 445 g/mol. The van der Waals surface area contributed by atoms with Crippen LogP contribution in [0.4, 0.5) is 19.0 Å². The third-order valence-corrected chi connectivity index (χ3v) is 6.68. The van der Waals surface area contributed by atoms with Gasteiger partial charge in [-0.1, -0.05) is 18.2 Å².